The monoisotopic (exact) mass is 289 g/mol. The van der Waals surface area contributed by atoms with Crippen molar-refractivity contribution in [1.82, 2.24) is 14.9 Å². The van der Waals surface area contributed by atoms with Gasteiger partial charge in [-0.2, -0.15) is 0 Å². The number of nitrogens with zero attached hydrogens (tertiary/aromatic N) is 2. The molecule has 0 aliphatic heterocycles. The molecule has 1 amide bonds. The molecule has 1 aromatic heterocycles. The van der Waals surface area contributed by atoms with Gasteiger partial charge in [0.25, 0.3) is 5.91 Å². The maximum Gasteiger partial charge on any atom is 0.269 e. The Hall–Kier alpha value is -2.18. The summed E-state index contributed by atoms with van der Waals surface area (Å²) in [4.78, 5) is 16.2. The van der Waals surface area contributed by atoms with Gasteiger partial charge in [0.05, 0.1) is 25.2 Å². The molecular weight excluding hydrogens is 270 g/mol. The molecular formula is C15H19N3O3. The number of para-hydroxylation sites is 1. The number of amides is 1. The summed E-state index contributed by atoms with van der Waals surface area (Å²) in [5, 5.41) is 12.3. The van der Waals surface area contributed by atoms with Crippen LogP contribution in [0.3, 0.4) is 0 Å². The lowest BCUT2D eigenvalue weighted by Crippen LogP contribution is -2.29. The summed E-state index contributed by atoms with van der Waals surface area (Å²) >= 11 is 0. The van der Waals surface area contributed by atoms with E-state index in [0.717, 1.165) is 5.69 Å². The van der Waals surface area contributed by atoms with Gasteiger partial charge in [-0.05, 0) is 18.6 Å². The van der Waals surface area contributed by atoms with Crippen LogP contribution >= 0.6 is 0 Å². The molecule has 112 valence electrons. The molecule has 2 aromatic rings. The third kappa shape index (κ3) is 4.14. The highest BCUT2D eigenvalue weighted by atomic mass is 16.5. The molecule has 0 fully saturated rings. The summed E-state index contributed by atoms with van der Waals surface area (Å²) in [6, 6.07) is 9.52. The topological polar surface area (TPSA) is 76.4 Å². The van der Waals surface area contributed by atoms with Crippen LogP contribution in [-0.2, 0) is 4.74 Å². The number of rotatable bonds is 7. The van der Waals surface area contributed by atoms with Crippen molar-refractivity contribution < 1.29 is 14.6 Å². The minimum Gasteiger partial charge on any atom is -0.391 e. The summed E-state index contributed by atoms with van der Waals surface area (Å²) in [6.07, 6.45) is 2.99. The zero-order valence-corrected chi connectivity index (χ0v) is 11.9. The second-order valence-corrected chi connectivity index (χ2v) is 4.64. The Morgan fingerprint density at radius 1 is 1.43 bits per heavy atom. The zero-order valence-electron chi connectivity index (χ0n) is 11.9. The van der Waals surface area contributed by atoms with E-state index in [1.165, 1.54) is 13.3 Å². The van der Waals surface area contributed by atoms with Gasteiger partial charge in [0.1, 0.15) is 5.69 Å². The molecule has 21 heavy (non-hydrogen) atoms. The lowest BCUT2D eigenvalue weighted by Gasteiger charge is -2.11. The van der Waals surface area contributed by atoms with Crippen molar-refractivity contribution in [2.75, 3.05) is 20.3 Å². The van der Waals surface area contributed by atoms with Gasteiger partial charge in [-0.3, -0.25) is 9.36 Å². The largest absolute Gasteiger partial charge is 0.391 e. The molecule has 2 rings (SSSR count). The lowest BCUT2D eigenvalue weighted by atomic mass is 10.2. The van der Waals surface area contributed by atoms with Crippen molar-refractivity contribution in [3.8, 4) is 5.69 Å². The van der Waals surface area contributed by atoms with Crippen molar-refractivity contribution in [2.24, 2.45) is 0 Å². The molecule has 1 heterocycles. The molecule has 1 aromatic carbocycles. The van der Waals surface area contributed by atoms with Gasteiger partial charge in [0.2, 0.25) is 0 Å². The molecule has 1 unspecified atom stereocenters. The molecule has 0 saturated heterocycles. The molecule has 0 aliphatic rings. The van der Waals surface area contributed by atoms with Crippen molar-refractivity contribution in [3.05, 3.63) is 48.5 Å². The number of hydrogen-bond acceptors (Lipinski definition) is 4. The van der Waals surface area contributed by atoms with E-state index in [4.69, 9.17) is 4.74 Å². The van der Waals surface area contributed by atoms with Gasteiger partial charge < -0.3 is 15.2 Å². The van der Waals surface area contributed by atoms with Crippen molar-refractivity contribution in [3.63, 3.8) is 0 Å². The molecule has 0 saturated carbocycles. The second-order valence-electron chi connectivity index (χ2n) is 4.64. The summed E-state index contributed by atoms with van der Waals surface area (Å²) in [5.74, 6) is -0.221. The number of nitrogens with one attached hydrogen (secondary N) is 1. The lowest BCUT2D eigenvalue weighted by molar-refractivity contribution is 0.0587. The van der Waals surface area contributed by atoms with Crippen LogP contribution in [0.15, 0.2) is 42.9 Å². The van der Waals surface area contributed by atoms with E-state index in [9.17, 15) is 9.90 Å². The number of carbonyl (C=O) groups is 1. The van der Waals surface area contributed by atoms with Gasteiger partial charge in [0.15, 0.2) is 0 Å². The fourth-order valence-corrected chi connectivity index (χ4v) is 1.98. The summed E-state index contributed by atoms with van der Waals surface area (Å²) < 4.78 is 6.56. The first-order valence-electron chi connectivity index (χ1n) is 6.75. The first kappa shape index (κ1) is 15.2. The Bertz CT molecular complexity index is 569. The molecule has 0 bridgehead atoms. The number of aliphatic hydroxyl groups is 1. The standard InChI is InChI=1S/C15H19N3O3/c1-21-10-13(19)7-8-17-15(20)14-9-16-11-18(14)12-5-3-2-4-6-12/h2-6,9,11,13,19H,7-8,10H2,1H3,(H,17,20). The fraction of sp³-hybridized carbons (Fsp3) is 0.333. The van der Waals surface area contributed by atoms with Crippen LogP contribution in [0.2, 0.25) is 0 Å². The molecule has 0 aliphatic carbocycles. The highest BCUT2D eigenvalue weighted by Crippen LogP contribution is 2.10. The SMILES string of the molecule is COCC(O)CCNC(=O)c1cncn1-c1ccccc1. The van der Waals surface area contributed by atoms with E-state index < -0.39 is 6.10 Å². The van der Waals surface area contributed by atoms with Gasteiger partial charge in [0, 0.05) is 19.3 Å². The number of methoxy groups -OCH3 is 1. The van der Waals surface area contributed by atoms with Gasteiger partial charge in [-0.25, -0.2) is 4.98 Å². The van der Waals surface area contributed by atoms with E-state index in [-0.39, 0.29) is 12.5 Å². The Labute approximate surface area is 123 Å². The first-order valence-corrected chi connectivity index (χ1v) is 6.75. The Balaban J connectivity index is 1.96. The van der Waals surface area contributed by atoms with Crippen LogP contribution in [0.1, 0.15) is 16.9 Å². The minimum atomic E-state index is -0.575. The van der Waals surface area contributed by atoms with Crippen LogP contribution in [0.4, 0.5) is 0 Å². The van der Waals surface area contributed by atoms with Crippen LogP contribution in [0.5, 0.6) is 0 Å². The number of benzene rings is 1. The van der Waals surface area contributed by atoms with Gasteiger partial charge >= 0.3 is 0 Å². The number of aromatic nitrogens is 2. The van der Waals surface area contributed by atoms with E-state index in [2.05, 4.69) is 10.3 Å². The number of hydrogen-bond donors (Lipinski definition) is 2. The Morgan fingerprint density at radius 2 is 2.19 bits per heavy atom. The van der Waals surface area contributed by atoms with Crippen LogP contribution < -0.4 is 5.32 Å². The van der Waals surface area contributed by atoms with E-state index in [0.29, 0.717) is 18.7 Å². The maximum absolute atomic E-state index is 12.2. The third-order valence-electron chi connectivity index (χ3n) is 3.03. The number of imidazole rings is 1. The normalized spacial score (nSPS) is 12.1. The highest BCUT2D eigenvalue weighted by Gasteiger charge is 2.13. The Morgan fingerprint density at radius 3 is 2.90 bits per heavy atom. The molecule has 0 spiro atoms. The number of aliphatic hydroxyl groups excluding tert-OH is 1. The zero-order chi connectivity index (χ0) is 15.1. The molecule has 1 atom stereocenters. The fourth-order valence-electron chi connectivity index (χ4n) is 1.98. The van der Waals surface area contributed by atoms with E-state index in [1.807, 2.05) is 30.3 Å². The molecule has 2 N–H and O–H groups in total. The van der Waals surface area contributed by atoms with Crippen molar-refractivity contribution in [1.29, 1.82) is 0 Å². The molecule has 0 radical (unpaired) electrons. The summed E-state index contributed by atoms with van der Waals surface area (Å²) in [5.41, 5.74) is 1.34. The second kappa shape index (κ2) is 7.56. The Kier molecular flexibility index (Phi) is 5.48. The van der Waals surface area contributed by atoms with Crippen molar-refractivity contribution in [2.45, 2.75) is 12.5 Å². The first-order chi connectivity index (χ1) is 10.2. The average Bonchev–Trinajstić information content (AvgIpc) is 2.98. The predicted octanol–water partition coefficient (Wildman–Crippen LogP) is 0.999. The van der Waals surface area contributed by atoms with E-state index >= 15 is 0 Å². The molecule has 6 nitrogen and oxygen atoms in total. The number of carbonyl (C=O) groups excluding carboxylic acids is 1. The minimum absolute atomic E-state index is 0.221. The third-order valence-corrected chi connectivity index (χ3v) is 3.03. The number of ether oxygens (including phenoxy) is 1. The van der Waals surface area contributed by atoms with Gasteiger partial charge in [-0.1, -0.05) is 18.2 Å². The summed E-state index contributed by atoms with van der Waals surface area (Å²) in [7, 11) is 1.53. The summed E-state index contributed by atoms with van der Waals surface area (Å²) in [6.45, 7) is 0.640. The highest BCUT2D eigenvalue weighted by molar-refractivity contribution is 5.92. The van der Waals surface area contributed by atoms with Crippen LogP contribution in [0.25, 0.3) is 5.69 Å². The van der Waals surface area contributed by atoms with E-state index in [1.54, 1.807) is 10.9 Å². The van der Waals surface area contributed by atoms with Crippen molar-refractivity contribution >= 4 is 5.91 Å². The van der Waals surface area contributed by atoms with Gasteiger partial charge in [-0.15, -0.1) is 0 Å². The maximum atomic E-state index is 12.2. The average molecular weight is 289 g/mol. The quantitative estimate of drug-likeness (QED) is 0.797. The predicted molar refractivity (Wildman–Crippen MR) is 78.4 cm³/mol. The van der Waals surface area contributed by atoms with Crippen LogP contribution in [-0.4, -0.2) is 46.9 Å². The smallest absolute Gasteiger partial charge is 0.269 e. The molecule has 6 heteroatoms. The van der Waals surface area contributed by atoms with Crippen LogP contribution in [0, 0.1) is 0 Å².